The van der Waals surface area contributed by atoms with Crippen molar-refractivity contribution in [1.82, 2.24) is 20.2 Å². The van der Waals surface area contributed by atoms with Crippen molar-refractivity contribution < 1.29 is 0 Å². The molecule has 0 atom stereocenters. The van der Waals surface area contributed by atoms with Gasteiger partial charge in [0.25, 0.3) is 0 Å². The van der Waals surface area contributed by atoms with Crippen LogP contribution in [0.1, 0.15) is 30.9 Å². The third-order valence-corrected chi connectivity index (χ3v) is 4.56. The number of aryl methyl sites for hydroxylation is 2. The zero-order valence-corrected chi connectivity index (χ0v) is 13.5. The lowest BCUT2D eigenvalue weighted by Gasteiger charge is -2.07. The molecule has 5 heteroatoms. The highest BCUT2D eigenvalue weighted by atomic mass is 15.2. The first-order valence-electron chi connectivity index (χ1n) is 8.14. The van der Waals surface area contributed by atoms with Crippen molar-refractivity contribution in [2.45, 2.75) is 33.1 Å². The maximum Gasteiger partial charge on any atom is 0.158 e. The van der Waals surface area contributed by atoms with Crippen LogP contribution >= 0.6 is 0 Å². The summed E-state index contributed by atoms with van der Waals surface area (Å²) < 4.78 is 0. The number of allylic oxidation sites excluding steroid dienone is 1. The van der Waals surface area contributed by atoms with E-state index in [1.807, 2.05) is 0 Å². The lowest BCUT2D eigenvalue weighted by Crippen LogP contribution is -2.00. The molecule has 118 valence electrons. The Hall–Kier alpha value is -2.56. The Kier molecular flexibility index (Phi) is 3.22. The van der Waals surface area contributed by atoms with Crippen LogP contribution in [-0.2, 0) is 6.42 Å². The van der Waals surface area contributed by atoms with Gasteiger partial charge < -0.3 is 10.3 Å². The van der Waals surface area contributed by atoms with E-state index in [9.17, 15) is 0 Å². The van der Waals surface area contributed by atoms with Crippen molar-refractivity contribution in [2.24, 2.45) is 5.92 Å². The average molecular weight is 307 g/mol. The van der Waals surface area contributed by atoms with E-state index in [1.165, 1.54) is 24.0 Å². The number of H-pyrrole nitrogens is 2. The summed E-state index contributed by atoms with van der Waals surface area (Å²) in [5, 5.41) is 10.6. The smallest absolute Gasteiger partial charge is 0.158 e. The third-order valence-electron chi connectivity index (χ3n) is 4.56. The Labute approximate surface area is 135 Å². The van der Waals surface area contributed by atoms with Crippen molar-refractivity contribution in [2.75, 3.05) is 5.32 Å². The van der Waals surface area contributed by atoms with E-state index in [1.54, 1.807) is 6.20 Å². The number of anilines is 1. The van der Waals surface area contributed by atoms with Crippen molar-refractivity contribution in [1.29, 1.82) is 0 Å². The molecule has 1 aromatic carbocycles. The zero-order valence-electron chi connectivity index (χ0n) is 13.5. The van der Waals surface area contributed by atoms with Crippen LogP contribution in [0.25, 0.3) is 22.6 Å². The molecule has 2 aromatic heterocycles. The number of aromatic nitrogens is 4. The molecule has 1 fully saturated rings. The van der Waals surface area contributed by atoms with Gasteiger partial charge in [0.2, 0.25) is 0 Å². The van der Waals surface area contributed by atoms with Gasteiger partial charge in [-0.2, -0.15) is 5.10 Å². The lowest BCUT2D eigenvalue weighted by atomic mass is 10.1. The van der Waals surface area contributed by atoms with Crippen molar-refractivity contribution in [3.05, 3.63) is 41.7 Å². The molecular formula is C18H21N5. The second-order valence-corrected chi connectivity index (χ2v) is 6.32. The van der Waals surface area contributed by atoms with Gasteiger partial charge >= 0.3 is 0 Å². The maximum absolute atomic E-state index is 4.74. The van der Waals surface area contributed by atoms with Gasteiger partial charge in [0.1, 0.15) is 5.69 Å². The largest absolute Gasteiger partial charge is 0.356 e. The van der Waals surface area contributed by atoms with E-state index in [4.69, 9.17) is 4.98 Å². The van der Waals surface area contributed by atoms with Crippen LogP contribution in [0.5, 0.6) is 0 Å². The number of aromatic amines is 2. The first kappa shape index (κ1) is 14.1. The fourth-order valence-corrected chi connectivity index (χ4v) is 2.98. The van der Waals surface area contributed by atoms with Gasteiger partial charge in [-0.3, -0.25) is 5.10 Å². The molecule has 1 aliphatic carbocycles. The summed E-state index contributed by atoms with van der Waals surface area (Å²) in [7, 11) is 0. The standard InChI is InChI=1S/C18H21N5/c1-4-12-8-15-14(7-10(12)2)21-18(22-15)17-16(9-19-23-17)20-11(3)13-5-6-13/h7-9,13,20H,3-6H2,1-2H3,(H,19,23)(H,21,22). The number of benzene rings is 1. The highest BCUT2D eigenvalue weighted by molar-refractivity contribution is 5.83. The minimum atomic E-state index is 0.600. The highest BCUT2D eigenvalue weighted by Gasteiger charge is 2.25. The Balaban J connectivity index is 1.71. The van der Waals surface area contributed by atoms with E-state index in [-0.39, 0.29) is 0 Å². The molecule has 5 nitrogen and oxygen atoms in total. The van der Waals surface area contributed by atoms with Gasteiger partial charge in [-0.1, -0.05) is 13.5 Å². The van der Waals surface area contributed by atoms with E-state index in [2.05, 4.69) is 53.1 Å². The summed E-state index contributed by atoms with van der Waals surface area (Å²) in [6.45, 7) is 8.43. The number of rotatable bonds is 5. The summed E-state index contributed by atoms with van der Waals surface area (Å²) >= 11 is 0. The second kappa shape index (κ2) is 5.26. The minimum Gasteiger partial charge on any atom is -0.356 e. The molecule has 3 aromatic rings. The molecule has 0 saturated heterocycles. The molecule has 0 amide bonds. The number of hydrogen-bond donors (Lipinski definition) is 3. The summed E-state index contributed by atoms with van der Waals surface area (Å²) in [4.78, 5) is 8.13. The van der Waals surface area contributed by atoms with E-state index in [0.717, 1.165) is 40.4 Å². The molecule has 4 rings (SSSR count). The lowest BCUT2D eigenvalue weighted by molar-refractivity contribution is 1.02. The number of imidazole rings is 1. The van der Waals surface area contributed by atoms with Crippen LogP contribution in [0.15, 0.2) is 30.6 Å². The van der Waals surface area contributed by atoms with E-state index < -0.39 is 0 Å². The normalized spacial score (nSPS) is 14.3. The molecular weight excluding hydrogens is 286 g/mol. The van der Waals surface area contributed by atoms with Crippen LogP contribution < -0.4 is 5.32 Å². The van der Waals surface area contributed by atoms with Crippen LogP contribution in [0.3, 0.4) is 0 Å². The van der Waals surface area contributed by atoms with E-state index >= 15 is 0 Å². The summed E-state index contributed by atoms with van der Waals surface area (Å²) in [5.74, 6) is 1.40. The van der Waals surface area contributed by atoms with Crippen molar-refractivity contribution in [3.8, 4) is 11.5 Å². The van der Waals surface area contributed by atoms with E-state index in [0.29, 0.717) is 5.92 Å². The number of fused-ring (bicyclic) bond motifs is 1. The van der Waals surface area contributed by atoms with Crippen LogP contribution in [-0.4, -0.2) is 20.2 Å². The molecule has 0 unspecified atom stereocenters. The molecule has 0 spiro atoms. The molecule has 1 saturated carbocycles. The fourth-order valence-electron chi connectivity index (χ4n) is 2.98. The van der Waals surface area contributed by atoms with Crippen LogP contribution in [0.4, 0.5) is 5.69 Å². The quantitative estimate of drug-likeness (QED) is 0.663. The molecule has 1 aliphatic rings. The molecule has 23 heavy (non-hydrogen) atoms. The fraction of sp³-hybridized carbons (Fsp3) is 0.333. The Bertz CT molecular complexity index is 882. The van der Waals surface area contributed by atoms with Gasteiger partial charge in [0.15, 0.2) is 5.82 Å². The van der Waals surface area contributed by atoms with Gasteiger partial charge in [-0.05, 0) is 55.4 Å². The predicted octanol–water partition coefficient (Wildman–Crippen LogP) is 4.16. The molecule has 2 heterocycles. The second-order valence-electron chi connectivity index (χ2n) is 6.32. The molecule has 0 radical (unpaired) electrons. The third kappa shape index (κ3) is 2.52. The van der Waals surface area contributed by atoms with Crippen LogP contribution in [0, 0.1) is 12.8 Å². The zero-order chi connectivity index (χ0) is 16.0. The first-order chi connectivity index (χ1) is 11.2. The van der Waals surface area contributed by atoms with Gasteiger partial charge in [0, 0.05) is 5.70 Å². The average Bonchev–Trinajstić information content (AvgIpc) is 3.16. The summed E-state index contributed by atoms with van der Waals surface area (Å²) in [6.07, 6.45) is 5.26. The van der Waals surface area contributed by atoms with Crippen molar-refractivity contribution >= 4 is 16.7 Å². The monoisotopic (exact) mass is 307 g/mol. The number of nitrogens with one attached hydrogen (secondary N) is 3. The Morgan fingerprint density at radius 3 is 2.96 bits per heavy atom. The first-order valence-corrected chi connectivity index (χ1v) is 8.14. The molecule has 3 N–H and O–H groups in total. The minimum absolute atomic E-state index is 0.600. The highest BCUT2D eigenvalue weighted by Crippen LogP contribution is 2.37. The summed E-state index contributed by atoms with van der Waals surface area (Å²) in [6, 6.07) is 4.33. The predicted molar refractivity (Wildman–Crippen MR) is 93.3 cm³/mol. The van der Waals surface area contributed by atoms with Crippen LogP contribution in [0.2, 0.25) is 0 Å². The maximum atomic E-state index is 4.74. The van der Waals surface area contributed by atoms with Gasteiger partial charge in [-0.15, -0.1) is 0 Å². The van der Waals surface area contributed by atoms with Gasteiger partial charge in [-0.25, -0.2) is 4.98 Å². The number of hydrogen-bond acceptors (Lipinski definition) is 3. The Morgan fingerprint density at radius 1 is 1.39 bits per heavy atom. The molecule has 0 bridgehead atoms. The SMILES string of the molecule is C=C(Nc1cn[nH]c1-c1nc2cc(CC)c(C)cc2[nH]1)C1CC1. The molecule has 0 aliphatic heterocycles. The van der Waals surface area contributed by atoms with Gasteiger partial charge in [0.05, 0.1) is 22.9 Å². The summed E-state index contributed by atoms with van der Waals surface area (Å²) in [5.41, 5.74) is 7.53. The number of nitrogens with zero attached hydrogens (tertiary/aromatic N) is 2. The topological polar surface area (TPSA) is 69.4 Å². The Morgan fingerprint density at radius 2 is 2.22 bits per heavy atom. The van der Waals surface area contributed by atoms with Crippen molar-refractivity contribution in [3.63, 3.8) is 0 Å².